The highest BCUT2D eigenvalue weighted by Crippen LogP contribution is 2.31. The molecule has 17 heavy (non-hydrogen) atoms. The molecular formula is C13H20ClNOS. The molecule has 0 saturated carbocycles. The Morgan fingerprint density at radius 3 is 2.71 bits per heavy atom. The van der Waals surface area contributed by atoms with E-state index in [-0.39, 0.29) is 12.4 Å². The van der Waals surface area contributed by atoms with Crippen LogP contribution in [-0.2, 0) is 6.54 Å². The van der Waals surface area contributed by atoms with Gasteiger partial charge in [-0.15, -0.1) is 24.2 Å². The smallest absolute Gasteiger partial charge is 0.0454 e. The predicted octanol–water partition coefficient (Wildman–Crippen LogP) is 2.75. The first-order valence-corrected chi connectivity index (χ1v) is 6.86. The average Bonchev–Trinajstić information content (AvgIpc) is 2.64. The maximum Gasteiger partial charge on any atom is 0.0454 e. The van der Waals surface area contributed by atoms with Gasteiger partial charge in [-0.25, -0.2) is 0 Å². The number of thioether (sulfide) groups is 1. The van der Waals surface area contributed by atoms with E-state index in [2.05, 4.69) is 42.2 Å². The fraction of sp³-hybridized carbons (Fsp3) is 0.538. The molecule has 0 bridgehead atoms. The van der Waals surface area contributed by atoms with E-state index >= 15 is 0 Å². The van der Waals surface area contributed by atoms with Crippen molar-refractivity contribution in [3.05, 3.63) is 35.9 Å². The van der Waals surface area contributed by atoms with Gasteiger partial charge >= 0.3 is 0 Å². The van der Waals surface area contributed by atoms with Crippen LogP contribution in [0.5, 0.6) is 0 Å². The first kappa shape index (κ1) is 14.8. The largest absolute Gasteiger partial charge is 0.396 e. The van der Waals surface area contributed by atoms with Crippen molar-refractivity contribution in [2.24, 2.45) is 0 Å². The minimum atomic E-state index is 0. The van der Waals surface area contributed by atoms with Crippen LogP contribution in [0.15, 0.2) is 30.3 Å². The predicted molar refractivity (Wildman–Crippen MR) is 76.6 cm³/mol. The Morgan fingerprint density at radius 2 is 2.06 bits per heavy atom. The summed E-state index contributed by atoms with van der Waals surface area (Å²) in [6.45, 7) is 3.60. The van der Waals surface area contributed by atoms with Gasteiger partial charge in [-0.2, -0.15) is 0 Å². The molecule has 1 fully saturated rings. The fourth-order valence-corrected chi connectivity index (χ4v) is 3.57. The molecule has 1 N–H and O–H groups in total. The number of hydrogen-bond donors (Lipinski definition) is 1. The van der Waals surface area contributed by atoms with E-state index in [9.17, 15) is 0 Å². The van der Waals surface area contributed by atoms with Crippen molar-refractivity contribution in [2.45, 2.75) is 31.2 Å². The van der Waals surface area contributed by atoms with Crippen LogP contribution in [0.25, 0.3) is 0 Å². The SMILES string of the molecule is CC1C(CCO)SCN1Cc1ccccc1.Cl. The number of hydrogen-bond acceptors (Lipinski definition) is 3. The van der Waals surface area contributed by atoms with Crippen molar-refractivity contribution in [3.8, 4) is 0 Å². The molecule has 1 aliphatic rings. The summed E-state index contributed by atoms with van der Waals surface area (Å²) < 4.78 is 0. The van der Waals surface area contributed by atoms with Gasteiger partial charge in [0.15, 0.2) is 0 Å². The Balaban J connectivity index is 0.00000144. The maximum atomic E-state index is 8.99. The molecule has 1 aromatic rings. The Morgan fingerprint density at radius 1 is 1.35 bits per heavy atom. The number of rotatable bonds is 4. The second-order valence-electron chi connectivity index (χ2n) is 4.32. The third-order valence-electron chi connectivity index (χ3n) is 3.21. The van der Waals surface area contributed by atoms with E-state index in [1.54, 1.807) is 0 Å². The van der Waals surface area contributed by atoms with Crippen LogP contribution in [0.4, 0.5) is 0 Å². The van der Waals surface area contributed by atoms with Crippen LogP contribution in [0.1, 0.15) is 18.9 Å². The van der Waals surface area contributed by atoms with Gasteiger partial charge in [-0.1, -0.05) is 30.3 Å². The second kappa shape index (κ2) is 7.27. The fourth-order valence-electron chi connectivity index (χ4n) is 2.14. The van der Waals surface area contributed by atoms with E-state index in [0.717, 1.165) is 18.8 Å². The van der Waals surface area contributed by atoms with E-state index in [1.807, 2.05) is 11.8 Å². The third-order valence-corrected chi connectivity index (χ3v) is 4.75. The van der Waals surface area contributed by atoms with E-state index < -0.39 is 0 Å². The highest BCUT2D eigenvalue weighted by Gasteiger charge is 2.30. The van der Waals surface area contributed by atoms with Crippen molar-refractivity contribution < 1.29 is 5.11 Å². The van der Waals surface area contributed by atoms with Gasteiger partial charge in [-0.05, 0) is 18.9 Å². The molecule has 96 valence electrons. The summed E-state index contributed by atoms with van der Waals surface area (Å²) in [5.74, 6) is 1.08. The molecule has 1 aliphatic heterocycles. The highest BCUT2D eigenvalue weighted by atomic mass is 35.5. The lowest BCUT2D eigenvalue weighted by atomic mass is 10.1. The molecular weight excluding hydrogens is 254 g/mol. The average molecular weight is 274 g/mol. The van der Waals surface area contributed by atoms with E-state index in [1.165, 1.54) is 5.56 Å². The van der Waals surface area contributed by atoms with Gasteiger partial charge in [-0.3, -0.25) is 4.90 Å². The Bertz CT molecular complexity index is 322. The summed E-state index contributed by atoms with van der Waals surface area (Å²) in [5.41, 5.74) is 1.37. The molecule has 1 aromatic carbocycles. The van der Waals surface area contributed by atoms with Crippen molar-refractivity contribution >= 4 is 24.2 Å². The quantitative estimate of drug-likeness (QED) is 0.913. The minimum absolute atomic E-state index is 0. The van der Waals surface area contributed by atoms with Crippen molar-refractivity contribution in [3.63, 3.8) is 0 Å². The molecule has 1 saturated heterocycles. The lowest BCUT2D eigenvalue weighted by Crippen LogP contribution is -2.32. The van der Waals surface area contributed by atoms with Crippen molar-refractivity contribution in [2.75, 3.05) is 12.5 Å². The topological polar surface area (TPSA) is 23.5 Å². The van der Waals surface area contributed by atoms with Gasteiger partial charge < -0.3 is 5.11 Å². The summed E-state index contributed by atoms with van der Waals surface area (Å²) >= 11 is 1.97. The third kappa shape index (κ3) is 3.88. The zero-order valence-electron chi connectivity index (χ0n) is 10.1. The molecule has 0 aromatic heterocycles. The lowest BCUT2D eigenvalue weighted by Gasteiger charge is -2.23. The number of nitrogens with zero attached hydrogens (tertiary/aromatic N) is 1. The summed E-state index contributed by atoms with van der Waals surface area (Å²) in [5, 5.41) is 9.58. The van der Waals surface area contributed by atoms with E-state index in [0.29, 0.717) is 17.9 Å². The maximum absolute atomic E-state index is 8.99. The Hall–Kier alpha value is -0.220. The van der Waals surface area contributed by atoms with Crippen LogP contribution >= 0.6 is 24.2 Å². The first-order valence-electron chi connectivity index (χ1n) is 5.81. The molecule has 2 atom stereocenters. The molecule has 1 heterocycles. The lowest BCUT2D eigenvalue weighted by molar-refractivity contribution is 0.227. The summed E-state index contributed by atoms with van der Waals surface area (Å²) in [6.07, 6.45) is 0.914. The van der Waals surface area contributed by atoms with Crippen LogP contribution < -0.4 is 0 Å². The van der Waals surface area contributed by atoms with Gasteiger partial charge in [0.05, 0.1) is 0 Å². The molecule has 0 spiro atoms. The molecule has 2 nitrogen and oxygen atoms in total. The molecule has 4 heteroatoms. The molecule has 0 radical (unpaired) electrons. The van der Waals surface area contributed by atoms with E-state index in [4.69, 9.17) is 5.11 Å². The number of benzene rings is 1. The summed E-state index contributed by atoms with van der Waals surface area (Å²) in [6, 6.07) is 11.2. The Labute approximate surface area is 114 Å². The zero-order chi connectivity index (χ0) is 11.4. The van der Waals surface area contributed by atoms with Crippen LogP contribution in [-0.4, -0.2) is 33.8 Å². The minimum Gasteiger partial charge on any atom is -0.396 e. The molecule has 0 amide bonds. The monoisotopic (exact) mass is 273 g/mol. The second-order valence-corrected chi connectivity index (χ2v) is 5.52. The van der Waals surface area contributed by atoms with Crippen LogP contribution in [0, 0.1) is 0 Å². The number of aliphatic hydroxyl groups is 1. The summed E-state index contributed by atoms with van der Waals surface area (Å²) in [7, 11) is 0. The van der Waals surface area contributed by atoms with Crippen molar-refractivity contribution in [1.82, 2.24) is 4.90 Å². The molecule has 2 unspecified atom stereocenters. The summed E-state index contributed by atoms with van der Waals surface area (Å²) in [4.78, 5) is 2.49. The Kier molecular flexibility index (Phi) is 6.34. The highest BCUT2D eigenvalue weighted by molar-refractivity contribution is 8.00. The first-order chi connectivity index (χ1) is 7.81. The number of halogens is 1. The van der Waals surface area contributed by atoms with Crippen LogP contribution in [0.2, 0.25) is 0 Å². The van der Waals surface area contributed by atoms with Gasteiger partial charge in [0.2, 0.25) is 0 Å². The van der Waals surface area contributed by atoms with Gasteiger partial charge in [0.1, 0.15) is 0 Å². The molecule has 2 rings (SSSR count). The normalized spacial score (nSPS) is 24.6. The van der Waals surface area contributed by atoms with Crippen molar-refractivity contribution in [1.29, 1.82) is 0 Å². The zero-order valence-corrected chi connectivity index (χ0v) is 11.7. The standard InChI is InChI=1S/C13H19NOS.ClH/c1-11-13(7-8-15)16-10-14(11)9-12-5-3-2-4-6-12;/h2-6,11,13,15H,7-10H2,1H3;1H. The van der Waals surface area contributed by atoms with Gasteiger partial charge in [0, 0.05) is 30.3 Å². The van der Waals surface area contributed by atoms with Gasteiger partial charge in [0.25, 0.3) is 0 Å². The van der Waals surface area contributed by atoms with Crippen LogP contribution in [0.3, 0.4) is 0 Å². The molecule has 0 aliphatic carbocycles. The number of aliphatic hydroxyl groups excluding tert-OH is 1.